The van der Waals surface area contributed by atoms with Crippen molar-refractivity contribution in [2.45, 2.75) is 38.5 Å². The molecule has 4 heteroatoms. The Morgan fingerprint density at radius 3 is 2.54 bits per heavy atom. The predicted octanol–water partition coefficient (Wildman–Crippen LogP) is 4.66. The van der Waals surface area contributed by atoms with Gasteiger partial charge in [0.15, 0.2) is 5.78 Å². The monoisotopic (exact) mass is 349 g/mol. The third kappa shape index (κ3) is 2.85. The molecule has 4 rings (SSSR count). The second-order valence-corrected chi connectivity index (χ2v) is 7.01. The molecule has 0 spiro atoms. The van der Waals surface area contributed by atoms with Crippen LogP contribution in [0.25, 0.3) is 0 Å². The molecule has 1 unspecified atom stereocenters. The summed E-state index contributed by atoms with van der Waals surface area (Å²) in [5.74, 6) is -0.458. The molecular weight excluding hydrogens is 329 g/mol. The maximum Gasteiger partial charge on any atom is 0.232 e. The van der Waals surface area contributed by atoms with Crippen LogP contribution in [-0.2, 0) is 9.59 Å². The molecule has 26 heavy (non-hydrogen) atoms. The van der Waals surface area contributed by atoms with E-state index in [4.69, 9.17) is 0 Å². The molecule has 0 N–H and O–H groups in total. The van der Waals surface area contributed by atoms with Crippen molar-refractivity contribution in [3.05, 3.63) is 76.7 Å². The summed E-state index contributed by atoms with van der Waals surface area (Å²) in [5, 5.41) is 0. The van der Waals surface area contributed by atoms with Crippen LogP contribution in [0.2, 0.25) is 0 Å². The number of nitrogens with zero attached hydrogens (tertiary/aromatic N) is 1. The summed E-state index contributed by atoms with van der Waals surface area (Å²) in [6, 6.07) is 13.9. The number of Topliss-reactive ketones (excluding diaryl/α,β-unsaturated/α-hetero) is 1. The van der Waals surface area contributed by atoms with Crippen LogP contribution in [-0.4, -0.2) is 11.7 Å². The van der Waals surface area contributed by atoms with Gasteiger partial charge in [0.1, 0.15) is 5.82 Å². The number of hydrogen-bond acceptors (Lipinski definition) is 2. The lowest BCUT2D eigenvalue weighted by Crippen LogP contribution is -2.40. The van der Waals surface area contributed by atoms with Gasteiger partial charge < -0.3 is 0 Å². The van der Waals surface area contributed by atoms with Crippen molar-refractivity contribution < 1.29 is 14.0 Å². The first-order chi connectivity index (χ1) is 12.5. The molecule has 2 aromatic carbocycles. The predicted molar refractivity (Wildman–Crippen MR) is 98.3 cm³/mol. The van der Waals surface area contributed by atoms with Gasteiger partial charge in [0.25, 0.3) is 0 Å². The minimum atomic E-state index is -0.343. The Bertz CT molecular complexity index is 914. The average Bonchev–Trinajstić information content (AvgIpc) is 2.62. The van der Waals surface area contributed by atoms with Crippen molar-refractivity contribution in [3.8, 4) is 0 Å². The van der Waals surface area contributed by atoms with E-state index in [1.54, 1.807) is 17.0 Å². The van der Waals surface area contributed by atoms with Gasteiger partial charge in [-0.2, -0.15) is 0 Å². The maximum atomic E-state index is 13.3. The molecule has 1 aliphatic heterocycles. The highest BCUT2D eigenvalue weighted by Gasteiger charge is 2.39. The lowest BCUT2D eigenvalue weighted by atomic mass is 9.77. The van der Waals surface area contributed by atoms with Crippen LogP contribution in [0, 0.1) is 12.7 Å². The van der Waals surface area contributed by atoms with Gasteiger partial charge >= 0.3 is 0 Å². The number of carbonyl (C=O) groups is 2. The van der Waals surface area contributed by atoms with Gasteiger partial charge in [-0.25, -0.2) is 4.39 Å². The van der Waals surface area contributed by atoms with Crippen molar-refractivity contribution in [3.63, 3.8) is 0 Å². The van der Waals surface area contributed by atoms with Crippen LogP contribution in [0.1, 0.15) is 42.7 Å². The van der Waals surface area contributed by atoms with E-state index in [2.05, 4.69) is 6.07 Å². The zero-order valence-corrected chi connectivity index (χ0v) is 14.7. The molecule has 1 aliphatic carbocycles. The quantitative estimate of drug-likeness (QED) is 0.791. The summed E-state index contributed by atoms with van der Waals surface area (Å²) in [5.41, 5.74) is 4.30. The van der Waals surface area contributed by atoms with E-state index in [0.29, 0.717) is 18.5 Å². The minimum absolute atomic E-state index is 0.0448. The Morgan fingerprint density at radius 1 is 1.04 bits per heavy atom. The first kappa shape index (κ1) is 16.7. The van der Waals surface area contributed by atoms with Crippen molar-refractivity contribution in [2.75, 3.05) is 4.90 Å². The molecule has 0 saturated carbocycles. The molecule has 0 bridgehead atoms. The second kappa shape index (κ2) is 6.52. The lowest BCUT2D eigenvalue weighted by molar-refractivity contribution is -0.119. The molecule has 2 aromatic rings. The first-order valence-electron chi connectivity index (χ1n) is 8.96. The maximum absolute atomic E-state index is 13.3. The third-order valence-electron chi connectivity index (χ3n) is 5.20. The van der Waals surface area contributed by atoms with E-state index in [0.717, 1.165) is 28.8 Å². The first-order valence-corrected chi connectivity index (χ1v) is 8.96. The van der Waals surface area contributed by atoms with E-state index in [9.17, 15) is 14.0 Å². The van der Waals surface area contributed by atoms with E-state index >= 15 is 0 Å². The summed E-state index contributed by atoms with van der Waals surface area (Å²) in [6.45, 7) is 2.01. The minimum Gasteiger partial charge on any atom is -0.294 e. The number of aryl methyl sites for hydroxylation is 1. The van der Waals surface area contributed by atoms with Crippen LogP contribution < -0.4 is 4.90 Å². The molecule has 0 fully saturated rings. The van der Waals surface area contributed by atoms with Gasteiger partial charge in [-0.05, 0) is 49.6 Å². The average molecular weight is 349 g/mol. The largest absolute Gasteiger partial charge is 0.294 e. The van der Waals surface area contributed by atoms with E-state index < -0.39 is 0 Å². The number of hydrogen-bond donors (Lipinski definition) is 0. The zero-order chi connectivity index (χ0) is 18.3. The summed E-state index contributed by atoms with van der Waals surface area (Å²) in [6.07, 6.45) is 2.20. The Balaban J connectivity index is 1.85. The molecule has 3 nitrogen and oxygen atoms in total. The number of rotatable bonds is 2. The van der Waals surface area contributed by atoms with Gasteiger partial charge in [0.05, 0.1) is 0 Å². The third-order valence-corrected chi connectivity index (χ3v) is 5.20. The Labute approximate surface area is 152 Å². The highest BCUT2D eigenvalue weighted by molar-refractivity contribution is 6.07. The molecule has 1 heterocycles. The highest BCUT2D eigenvalue weighted by atomic mass is 19.1. The zero-order valence-electron chi connectivity index (χ0n) is 14.7. The number of carbonyl (C=O) groups excluding carboxylic acids is 2. The van der Waals surface area contributed by atoms with Crippen LogP contribution in [0.5, 0.6) is 0 Å². The molecule has 0 saturated heterocycles. The van der Waals surface area contributed by atoms with E-state index in [1.807, 2.05) is 25.1 Å². The molecule has 132 valence electrons. The van der Waals surface area contributed by atoms with E-state index in [1.165, 1.54) is 12.1 Å². The normalized spacial score (nSPS) is 20.4. The number of benzene rings is 2. The van der Waals surface area contributed by atoms with Gasteiger partial charge in [-0.1, -0.05) is 29.8 Å². The molecule has 1 amide bonds. The number of halogens is 1. The fourth-order valence-corrected chi connectivity index (χ4v) is 4.05. The molecule has 0 radical (unpaired) electrons. The summed E-state index contributed by atoms with van der Waals surface area (Å²) < 4.78 is 13.3. The Kier molecular flexibility index (Phi) is 4.19. The van der Waals surface area contributed by atoms with Crippen molar-refractivity contribution in [1.29, 1.82) is 0 Å². The SMILES string of the molecule is Cc1cccc(C2CC(=O)N(c3ccc(F)cc3)C3=C2C(=O)CCC3)c1. The van der Waals surface area contributed by atoms with E-state index in [-0.39, 0.29) is 29.8 Å². The fraction of sp³-hybridized carbons (Fsp3) is 0.273. The Morgan fingerprint density at radius 2 is 1.81 bits per heavy atom. The van der Waals surface area contributed by atoms with Crippen LogP contribution in [0.15, 0.2) is 59.8 Å². The topological polar surface area (TPSA) is 37.4 Å². The molecular formula is C22H20FNO2. The Hall–Kier alpha value is -2.75. The summed E-state index contributed by atoms with van der Waals surface area (Å²) >= 11 is 0. The number of allylic oxidation sites excluding steroid dienone is 2. The van der Waals surface area contributed by atoms with Crippen LogP contribution in [0.4, 0.5) is 10.1 Å². The molecule has 1 atom stereocenters. The van der Waals surface area contributed by atoms with Crippen molar-refractivity contribution in [2.24, 2.45) is 0 Å². The smallest absolute Gasteiger partial charge is 0.232 e. The van der Waals surface area contributed by atoms with Crippen molar-refractivity contribution >= 4 is 17.4 Å². The van der Waals surface area contributed by atoms with Gasteiger partial charge in [0, 0.05) is 35.7 Å². The van der Waals surface area contributed by atoms with Gasteiger partial charge in [-0.3, -0.25) is 14.5 Å². The second-order valence-electron chi connectivity index (χ2n) is 7.01. The number of amides is 1. The molecule has 0 aromatic heterocycles. The van der Waals surface area contributed by atoms with Crippen molar-refractivity contribution in [1.82, 2.24) is 0 Å². The summed E-state index contributed by atoms with van der Waals surface area (Å²) in [7, 11) is 0. The summed E-state index contributed by atoms with van der Waals surface area (Å²) in [4.78, 5) is 27.4. The highest BCUT2D eigenvalue weighted by Crippen LogP contribution is 2.43. The number of ketones is 1. The standard InChI is InChI=1S/C22H20FNO2/c1-14-4-2-5-15(12-14)18-13-21(26)24(17-10-8-16(23)9-11-17)19-6-3-7-20(25)22(18)19/h2,4-5,8-12,18H,3,6-7,13H2,1H3. The molecule has 2 aliphatic rings. The number of anilines is 1. The fourth-order valence-electron chi connectivity index (χ4n) is 4.05. The van der Waals surface area contributed by atoms with Gasteiger partial charge in [-0.15, -0.1) is 0 Å². The van der Waals surface area contributed by atoms with Crippen LogP contribution in [0.3, 0.4) is 0 Å². The van der Waals surface area contributed by atoms with Crippen LogP contribution >= 0.6 is 0 Å². The van der Waals surface area contributed by atoms with Gasteiger partial charge in [0.2, 0.25) is 5.91 Å². The lowest BCUT2D eigenvalue weighted by Gasteiger charge is -2.38.